The van der Waals surface area contributed by atoms with Gasteiger partial charge in [0.25, 0.3) is 0 Å². The third-order valence-corrected chi connectivity index (χ3v) is 3.91. The van der Waals surface area contributed by atoms with E-state index in [1.54, 1.807) is 30.7 Å². The molecule has 0 unspecified atom stereocenters. The minimum absolute atomic E-state index is 0.0698. The molecule has 0 aliphatic carbocycles. The lowest BCUT2D eigenvalue weighted by Crippen LogP contribution is -2.39. The van der Waals surface area contributed by atoms with Gasteiger partial charge in [0.2, 0.25) is 0 Å². The van der Waals surface area contributed by atoms with Gasteiger partial charge in [0.15, 0.2) is 0 Å². The molecule has 2 aromatic heterocycles. The fraction of sp³-hybridized carbons (Fsp3) is 0.400. The summed E-state index contributed by atoms with van der Waals surface area (Å²) >= 11 is 0. The van der Waals surface area contributed by atoms with Gasteiger partial charge in [0.05, 0.1) is 24.1 Å². The van der Waals surface area contributed by atoms with Crippen LogP contribution in [0.1, 0.15) is 23.8 Å². The number of hydrogen-bond acceptors (Lipinski definition) is 4. The molecule has 1 saturated heterocycles. The molecule has 3 rings (SSSR count). The van der Waals surface area contributed by atoms with Gasteiger partial charge < -0.3 is 15.4 Å². The zero-order valence-corrected chi connectivity index (χ0v) is 12.6. The number of nitrogens with one attached hydrogen (secondary N) is 2. The van der Waals surface area contributed by atoms with Crippen molar-refractivity contribution in [2.45, 2.75) is 25.5 Å². The fourth-order valence-electron chi connectivity index (χ4n) is 2.61. The minimum Gasteiger partial charge on any atom is -0.371 e. The number of pyridine rings is 1. The Morgan fingerprint density at radius 1 is 1.45 bits per heavy atom. The highest BCUT2D eigenvalue weighted by Crippen LogP contribution is 2.30. The molecule has 0 radical (unpaired) electrons. The van der Waals surface area contributed by atoms with Crippen LogP contribution in [0, 0.1) is 6.92 Å². The second-order valence-electron chi connectivity index (χ2n) is 5.34. The van der Waals surface area contributed by atoms with Gasteiger partial charge in [0, 0.05) is 31.1 Å². The molecule has 0 bridgehead atoms. The highest BCUT2D eigenvalue weighted by atomic mass is 16.5. The molecule has 0 spiro atoms. The van der Waals surface area contributed by atoms with Crippen molar-refractivity contribution in [1.29, 1.82) is 0 Å². The SMILES string of the molecule is Cc1c([C@H]2OCC[C@@H]2NC(=O)Nc2cccnc2)cnn1C. The zero-order chi connectivity index (χ0) is 15.5. The van der Waals surface area contributed by atoms with E-state index in [4.69, 9.17) is 4.74 Å². The van der Waals surface area contributed by atoms with E-state index in [0.717, 1.165) is 17.7 Å². The van der Waals surface area contributed by atoms with E-state index < -0.39 is 0 Å². The molecular weight excluding hydrogens is 282 g/mol. The van der Waals surface area contributed by atoms with Gasteiger partial charge in [-0.05, 0) is 25.5 Å². The number of nitrogens with zero attached hydrogens (tertiary/aromatic N) is 3. The van der Waals surface area contributed by atoms with Gasteiger partial charge in [0.1, 0.15) is 6.10 Å². The van der Waals surface area contributed by atoms with E-state index in [-0.39, 0.29) is 18.2 Å². The molecule has 1 aliphatic rings. The van der Waals surface area contributed by atoms with Crippen LogP contribution in [0.3, 0.4) is 0 Å². The molecule has 3 heterocycles. The van der Waals surface area contributed by atoms with Gasteiger partial charge in [-0.3, -0.25) is 9.67 Å². The minimum atomic E-state index is -0.255. The van der Waals surface area contributed by atoms with Crippen LogP contribution in [0.2, 0.25) is 0 Å². The van der Waals surface area contributed by atoms with Crippen molar-refractivity contribution in [1.82, 2.24) is 20.1 Å². The molecule has 7 nitrogen and oxygen atoms in total. The first-order valence-corrected chi connectivity index (χ1v) is 7.23. The second-order valence-corrected chi connectivity index (χ2v) is 5.34. The molecule has 2 amide bonds. The van der Waals surface area contributed by atoms with Crippen LogP contribution in [-0.2, 0) is 11.8 Å². The average Bonchev–Trinajstić information content (AvgIpc) is 3.08. The van der Waals surface area contributed by atoms with Crippen LogP contribution in [0.5, 0.6) is 0 Å². The summed E-state index contributed by atoms with van der Waals surface area (Å²) in [5.74, 6) is 0. The number of anilines is 1. The van der Waals surface area contributed by atoms with Crippen LogP contribution < -0.4 is 10.6 Å². The standard InChI is InChI=1S/C15H19N5O2/c1-10-12(9-17-20(10)2)14-13(5-7-22-14)19-15(21)18-11-4-3-6-16-8-11/h3-4,6,8-9,13-14H,5,7H2,1-2H3,(H2,18,19,21)/t13-,14+/m0/s1. The number of rotatable bonds is 3. The molecule has 116 valence electrons. The van der Waals surface area contributed by atoms with Crippen molar-refractivity contribution in [3.63, 3.8) is 0 Å². The maximum absolute atomic E-state index is 12.1. The summed E-state index contributed by atoms with van der Waals surface area (Å²) < 4.78 is 7.60. The predicted octanol–water partition coefficient (Wildman–Crippen LogP) is 1.78. The largest absolute Gasteiger partial charge is 0.371 e. The summed E-state index contributed by atoms with van der Waals surface area (Å²) in [6.07, 6.45) is 5.69. The van der Waals surface area contributed by atoms with E-state index in [1.165, 1.54) is 0 Å². The Morgan fingerprint density at radius 3 is 3.00 bits per heavy atom. The lowest BCUT2D eigenvalue weighted by molar-refractivity contribution is 0.0998. The first kappa shape index (κ1) is 14.5. The molecular formula is C15H19N5O2. The van der Waals surface area contributed by atoms with E-state index in [9.17, 15) is 4.79 Å². The molecule has 2 aromatic rings. The molecule has 0 saturated carbocycles. The van der Waals surface area contributed by atoms with E-state index in [2.05, 4.69) is 20.7 Å². The summed E-state index contributed by atoms with van der Waals surface area (Å²) in [6, 6.07) is 3.24. The molecule has 2 atom stereocenters. The van der Waals surface area contributed by atoms with Crippen molar-refractivity contribution in [3.8, 4) is 0 Å². The first-order valence-electron chi connectivity index (χ1n) is 7.23. The van der Waals surface area contributed by atoms with Crippen molar-refractivity contribution in [3.05, 3.63) is 42.0 Å². The number of ether oxygens (including phenoxy) is 1. The first-order chi connectivity index (χ1) is 10.6. The quantitative estimate of drug-likeness (QED) is 0.905. The highest BCUT2D eigenvalue weighted by Gasteiger charge is 2.33. The van der Waals surface area contributed by atoms with Crippen LogP contribution in [0.4, 0.5) is 10.5 Å². The number of urea groups is 1. The van der Waals surface area contributed by atoms with Crippen LogP contribution in [0.15, 0.2) is 30.7 Å². The third-order valence-electron chi connectivity index (χ3n) is 3.91. The number of carbonyl (C=O) groups excluding carboxylic acids is 1. The summed E-state index contributed by atoms with van der Waals surface area (Å²) in [4.78, 5) is 16.1. The Labute approximate surface area is 128 Å². The Hall–Kier alpha value is -2.41. The van der Waals surface area contributed by atoms with Crippen molar-refractivity contribution >= 4 is 11.7 Å². The lowest BCUT2D eigenvalue weighted by Gasteiger charge is -2.20. The summed E-state index contributed by atoms with van der Waals surface area (Å²) in [5.41, 5.74) is 2.73. The van der Waals surface area contributed by atoms with Crippen molar-refractivity contribution in [2.24, 2.45) is 7.05 Å². The lowest BCUT2D eigenvalue weighted by atomic mass is 10.0. The smallest absolute Gasteiger partial charge is 0.319 e. The van der Waals surface area contributed by atoms with Gasteiger partial charge in [-0.2, -0.15) is 5.10 Å². The topological polar surface area (TPSA) is 81.1 Å². The Morgan fingerprint density at radius 2 is 2.32 bits per heavy atom. The number of carbonyl (C=O) groups is 1. The van der Waals surface area contributed by atoms with Gasteiger partial charge >= 0.3 is 6.03 Å². The van der Waals surface area contributed by atoms with Crippen LogP contribution in [0.25, 0.3) is 0 Å². The Balaban J connectivity index is 1.66. The summed E-state index contributed by atoms with van der Waals surface area (Å²) in [6.45, 7) is 2.62. The number of amides is 2. The van der Waals surface area contributed by atoms with E-state index in [0.29, 0.717) is 12.3 Å². The average molecular weight is 301 g/mol. The summed E-state index contributed by atoms with van der Waals surface area (Å²) in [5, 5.41) is 9.99. The second kappa shape index (κ2) is 6.15. The summed E-state index contributed by atoms with van der Waals surface area (Å²) in [7, 11) is 1.89. The Kier molecular flexibility index (Phi) is 4.06. The highest BCUT2D eigenvalue weighted by molar-refractivity contribution is 5.89. The zero-order valence-electron chi connectivity index (χ0n) is 12.6. The number of aryl methyl sites for hydroxylation is 1. The molecule has 1 aliphatic heterocycles. The number of hydrogen-bond donors (Lipinski definition) is 2. The molecule has 1 fully saturated rings. The molecule has 7 heteroatoms. The van der Waals surface area contributed by atoms with Crippen molar-refractivity contribution in [2.75, 3.05) is 11.9 Å². The fourth-order valence-corrected chi connectivity index (χ4v) is 2.61. The molecule has 2 N–H and O–H groups in total. The maximum Gasteiger partial charge on any atom is 0.319 e. The Bertz CT molecular complexity index is 655. The predicted molar refractivity (Wildman–Crippen MR) is 81.4 cm³/mol. The van der Waals surface area contributed by atoms with Crippen molar-refractivity contribution < 1.29 is 9.53 Å². The third kappa shape index (κ3) is 2.94. The van der Waals surface area contributed by atoms with Crippen LogP contribution in [-0.4, -0.2) is 33.4 Å². The van der Waals surface area contributed by atoms with E-state index >= 15 is 0 Å². The maximum atomic E-state index is 12.1. The monoisotopic (exact) mass is 301 g/mol. The molecule has 22 heavy (non-hydrogen) atoms. The normalized spacial score (nSPS) is 20.8. The van der Waals surface area contributed by atoms with Gasteiger partial charge in [-0.1, -0.05) is 0 Å². The van der Waals surface area contributed by atoms with Gasteiger partial charge in [-0.15, -0.1) is 0 Å². The molecule has 0 aromatic carbocycles. The van der Waals surface area contributed by atoms with Crippen LogP contribution >= 0.6 is 0 Å². The van der Waals surface area contributed by atoms with Gasteiger partial charge in [-0.25, -0.2) is 4.79 Å². The number of aromatic nitrogens is 3. The van der Waals surface area contributed by atoms with E-state index in [1.807, 2.05) is 18.7 Å².